The highest BCUT2D eigenvalue weighted by molar-refractivity contribution is 9.10. The molecule has 1 atom stereocenters. The Balaban J connectivity index is 1.63. The van der Waals surface area contributed by atoms with E-state index in [1.165, 1.54) is 0 Å². The minimum Gasteiger partial charge on any atom is -0.340 e. The van der Waals surface area contributed by atoms with Crippen molar-refractivity contribution in [1.82, 2.24) is 14.7 Å². The van der Waals surface area contributed by atoms with Crippen molar-refractivity contribution in [3.8, 4) is 0 Å². The van der Waals surface area contributed by atoms with Crippen molar-refractivity contribution in [1.29, 1.82) is 0 Å². The van der Waals surface area contributed by atoms with Crippen molar-refractivity contribution < 1.29 is 4.79 Å². The third-order valence-corrected chi connectivity index (χ3v) is 4.19. The van der Waals surface area contributed by atoms with Gasteiger partial charge >= 0.3 is 0 Å². The summed E-state index contributed by atoms with van der Waals surface area (Å²) < 4.78 is 2.96. The predicted octanol–water partition coefficient (Wildman–Crippen LogP) is 2.39. The smallest absolute Gasteiger partial charge is 0.226 e. The molecule has 18 heavy (non-hydrogen) atoms. The maximum atomic E-state index is 12.3. The Hall–Kier alpha value is -1.10. The van der Waals surface area contributed by atoms with E-state index in [0.29, 0.717) is 11.9 Å². The molecule has 4 nitrogen and oxygen atoms in total. The van der Waals surface area contributed by atoms with Gasteiger partial charge in [-0.1, -0.05) is 12.2 Å². The van der Waals surface area contributed by atoms with Gasteiger partial charge < -0.3 is 4.90 Å². The van der Waals surface area contributed by atoms with Crippen LogP contribution >= 0.6 is 15.9 Å². The zero-order chi connectivity index (χ0) is 12.5. The lowest BCUT2D eigenvalue weighted by molar-refractivity contribution is -0.134. The summed E-state index contributed by atoms with van der Waals surface area (Å²) >= 11 is 3.41. The van der Waals surface area contributed by atoms with Gasteiger partial charge in [0.05, 0.1) is 16.7 Å². The number of rotatable bonds is 2. The van der Waals surface area contributed by atoms with Crippen LogP contribution in [0.1, 0.15) is 25.3 Å². The van der Waals surface area contributed by atoms with E-state index in [4.69, 9.17) is 0 Å². The van der Waals surface area contributed by atoms with Gasteiger partial charge in [0.15, 0.2) is 0 Å². The maximum absolute atomic E-state index is 12.3. The minimum atomic E-state index is 0.188. The van der Waals surface area contributed by atoms with Gasteiger partial charge in [0.25, 0.3) is 0 Å². The number of nitrogens with zero attached hydrogens (tertiary/aromatic N) is 3. The Morgan fingerprint density at radius 2 is 2.17 bits per heavy atom. The van der Waals surface area contributed by atoms with Crippen molar-refractivity contribution in [2.24, 2.45) is 5.92 Å². The van der Waals surface area contributed by atoms with Gasteiger partial charge in [0.1, 0.15) is 0 Å². The number of aromatic nitrogens is 2. The summed E-state index contributed by atoms with van der Waals surface area (Å²) in [5.74, 6) is 0.502. The molecule has 1 aliphatic heterocycles. The van der Waals surface area contributed by atoms with Crippen LogP contribution in [-0.2, 0) is 4.79 Å². The molecule has 1 unspecified atom stereocenters. The maximum Gasteiger partial charge on any atom is 0.226 e. The van der Waals surface area contributed by atoms with Crippen LogP contribution in [0, 0.1) is 5.92 Å². The molecule has 0 aromatic carbocycles. The van der Waals surface area contributed by atoms with E-state index in [0.717, 1.165) is 36.8 Å². The second-order valence-corrected chi connectivity index (χ2v) is 5.92. The molecule has 2 heterocycles. The van der Waals surface area contributed by atoms with E-state index in [9.17, 15) is 4.79 Å². The molecule has 1 aromatic rings. The predicted molar refractivity (Wildman–Crippen MR) is 72.0 cm³/mol. The van der Waals surface area contributed by atoms with E-state index in [2.05, 4.69) is 33.2 Å². The van der Waals surface area contributed by atoms with Crippen molar-refractivity contribution >= 4 is 21.8 Å². The fourth-order valence-corrected chi connectivity index (χ4v) is 3.05. The number of halogens is 1. The van der Waals surface area contributed by atoms with E-state index in [1.807, 2.05) is 15.8 Å². The highest BCUT2D eigenvalue weighted by Gasteiger charge is 2.31. The Kier molecular flexibility index (Phi) is 3.24. The molecule has 5 heteroatoms. The summed E-state index contributed by atoms with van der Waals surface area (Å²) in [7, 11) is 0. The zero-order valence-electron chi connectivity index (χ0n) is 10.1. The Morgan fingerprint density at radius 3 is 2.83 bits per heavy atom. The SMILES string of the molecule is O=C(C1CC=CC1)N1CCC(n2cc(Br)cn2)C1. The molecule has 0 radical (unpaired) electrons. The van der Waals surface area contributed by atoms with Crippen molar-refractivity contribution in [3.63, 3.8) is 0 Å². The molecule has 1 amide bonds. The average molecular weight is 310 g/mol. The minimum absolute atomic E-state index is 0.188. The summed E-state index contributed by atoms with van der Waals surface area (Å²) in [4.78, 5) is 14.3. The standard InChI is InChI=1S/C13H16BrN3O/c14-11-7-15-17(8-11)12-5-6-16(9-12)13(18)10-3-1-2-4-10/h1-2,7-8,10,12H,3-6,9H2. The molecule has 0 spiro atoms. The molecule has 96 valence electrons. The van der Waals surface area contributed by atoms with E-state index < -0.39 is 0 Å². The Labute approximate surface area is 115 Å². The van der Waals surface area contributed by atoms with Gasteiger partial charge in [-0.3, -0.25) is 9.48 Å². The van der Waals surface area contributed by atoms with Crippen LogP contribution in [-0.4, -0.2) is 33.7 Å². The average Bonchev–Trinajstić information content (AvgIpc) is 3.09. The number of hydrogen-bond donors (Lipinski definition) is 0. The molecule has 0 saturated carbocycles. The van der Waals surface area contributed by atoms with Gasteiger partial charge in [0, 0.05) is 25.2 Å². The summed E-state index contributed by atoms with van der Waals surface area (Å²) in [6.45, 7) is 1.65. The van der Waals surface area contributed by atoms with Gasteiger partial charge in [0.2, 0.25) is 5.91 Å². The lowest BCUT2D eigenvalue weighted by atomic mass is 10.1. The highest BCUT2D eigenvalue weighted by Crippen LogP contribution is 2.27. The van der Waals surface area contributed by atoms with Gasteiger partial charge in [-0.15, -0.1) is 0 Å². The van der Waals surface area contributed by atoms with Crippen molar-refractivity contribution in [2.75, 3.05) is 13.1 Å². The van der Waals surface area contributed by atoms with Crippen LogP contribution in [0.4, 0.5) is 0 Å². The van der Waals surface area contributed by atoms with Crippen LogP contribution < -0.4 is 0 Å². The number of carbonyl (C=O) groups excluding carboxylic acids is 1. The fraction of sp³-hybridized carbons (Fsp3) is 0.538. The van der Waals surface area contributed by atoms with Crippen molar-refractivity contribution in [3.05, 3.63) is 29.0 Å². The molecule has 1 saturated heterocycles. The molecule has 1 aromatic heterocycles. The third-order valence-electron chi connectivity index (χ3n) is 3.78. The van der Waals surface area contributed by atoms with E-state index in [-0.39, 0.29) is 5.92 Å². The normalized spacial score (nSPS) is 24.1. The van der Waals surface area contributed by atoms with E-state index in [1.54, 1.807) is 6.20 Å². The number of amides is 1. The molecule has 0 N–H and O–H groups in total. The summed E-state index contributed by atoms with van der Waals surface area (Å²) in [5, 5.41) is 4.31. The third kappa shape index (κ3) is 2.23. The molecule has 3 rings (SSSR count). The second-order valence-electron chi connectivity index (χ2n) is 5.01. The second kappa shape index (κ2) is 4.88. The van der Waals surface area contributed by atoms with Crippen molar-refractivity contribution in [2.45, 2.75) is 25.3 Å². The first-order chi connectivity index (χ1) is 8.74. The molecular weight excluding hydrogens is 294 g/mol. The molecule has 2 aliphatic rings. The van der Waals surface area contributed by atoms with Crippen LogP contribution in [0.25, 0.3) is 0 Å². The monoisotopic (exact) mass is 309 g/mol. The molecule has 0 bridgehead atoms. The van der Waals surface area contributed by atoms with Gasteiger partial charge in [-0.2, -0.15) is 5.10 Å². The van der Waals surface area contributed by atoms with Gasteiger partial charge in [-0.05, 0) is 35.2 Å². The number of likely N-dealkylation sites (tertiary alicyclic amines) is 1. The molecular formula is C13H16BrN3O. The summed E-state index contributed by atoms with van der Waals surface area (Å²) in [6, 6.07) is 0.328. The molecule has 1 fully saturated rings. The van der Waals surface area contributed by atoms with Crippen LogP contribution in [0.15, 0.2) is 29.0 Å². The quantitative estimate of drug-likeness (QED) is 0.787. The van der Waals surface area contributed by atoms with Gasteiger partial charge in [-0.25, -0.2) is 0 Å². The lowest BCUT2D eigenvalue weighted by Crippen LogP contribution is -2.33. The fourth-order valence-electron chi connectivity index (χ4n) is 2.75. The highest BCUT2D eigenvalue weighted by atomic mass is 79.9. The van der Waals surface area contributed by atoms with Crippen LogP contribution in [0.5, 0.6) is 0 Å². The van der Waals surface area contributed by atoms with Crippen LogP contribution in [0.2, 0.25) is 0 Å². The topological polar surface area (TPSA) is 38.1 Å². The van der Waals surface area contributed by atoms with Crippen LogP contribution in [0.3, 0.4) is 0 Å². The number of allylic oxidation sites excluding steroid dienone is 2. The largest absolute Gasteiger partial charge is 0.340 e. The Morgan fingerprint density at radius 1 is 1.39 bits per heavy atom. The summed E-state index contributed by atoms with van der Waals surface area (Å²) in [6.07, 6.45) is 10.8. The summed E-state index contributed by atoms with van der Waals surface area (Å²) in [5.41, 5.74) is 0. The molecule has 1 aliphatic carbocycles. The number of carbonyl (C=O) groups is 1. The first kappa shape index (κ1) is 12.0. The first-order valence-corrected chi connectivity index (χ1v) is 7.17. The lowest BCUT2D eigenvalue weighted by Gasteiger charge is -2.20. The first-order valence-electron chi connectivity index (χ1n) is 6.37. The van der Waals surface area contributed by atoms with E-state index >= 15 is 0 Å². The number of hydrogen-bond acceptors (Lipinski definition) is 2. The zero-order valence-corrected chi connectivity index (χ0v) is 11.7. The Bertz CT molecular complexity index is 474.